The highest BCUT2D eigenvalue weighted by Gasteiger charge is 2.28. The predicted molar refractivity (Wildman–Crippen MR) is 150 cm³/mol. The van der Waals surface area contributed by atoms with Crippen molar-refractivity contribution in [2.75, 3.05) is 16.2 Å². The van der Waals surface area contributed by atoms with Crippen molar-refractivity contribution in [3.05, 3.63) is 123 Å². The third-order valence-electron chi connectivity index (χ3n) is 5.53. The van der Waals surface area contributed by atoms with E-state index in [-0.39, 0.29) is 21.9 Å². The first kappa shape index (κ1) is 26.6. The molecule has 4 rings (SSSR count). The standard InChI is InChI=1S/C28H22BrClN2O4S/c1-19-10-13-24(14-11-19)37(35,36)32(23-9-5-8-21(29)16-23)18-27(33)31-26-15-12-22(30)17-25(26)28(34)20-6-3-2-4-7-20/h2-17H,18H2,1H3,(H,31,33). The maximum Gasteiger partial charge on any atom is 0.264 e. The minimum absolute atomic E-state index is 0.0531. The van der Waals surface area contributed by atoms with Crippen molar-refractivity contribution in [3.63, 3.8) is 0 Å². The molecule has 1 N–H and O–H groups in total. The summed E-state index contributed by atoms with van der Waals surface area (Å²) in [6, 6.07) is 26.2. The van der Waals surface area contributed by atoms with Crippen molar-refractivity contribution in [3.8, 4) is 0 Å². The lowest BCUT2D eigenvalue weighted by Gasteiger charge is -2.24. The number of amides is 1. The minimum atomic E-state index is -4.09. The molecule has 4 aromatic rings. The first-order valence-electron chi connectivity index (χ1n) is 11.2. The zero-order valence-corrected chi connectivity index (χ0v) is 22.8. The molecule has 0 unspecified atom stereocenters. The Morgan fingerprint density at radius 1 is 0.892 bits per heavy atom. The fourth-order valence-electron chi connectivity index (χ4n) is 3.66. The number of nitrogens with one attached hydrogen (secondary N) is 1. The van der Waals surface area contributed by atoms with Crippen LogP contribution in [0.4, 0.5) is 11.4 Å². The first-order valence-corrected chi connectivity index (χ1v) is 13.8. The molecule has 1 amide bonds. The molecular formula is C28H22BrClN2O4S. The molecule has 0 atom stereocenters. The Kier molecular flexibility index (Phi) is 8.12. The van der Waals surface area contributed by atoms with Crippen LogP contribution in [0, 0.1) is 6.92 Å². The topological polar surface area (TPSA) is 83.6 Å². The van der Waals surface area contributed by atoms with E-state index < -0.39 is 22.5 Å². The summed E-state index contributed by atoms with van der Waals surface area (Å²) in [4.78, 5) is 26.4. The highest BCUT2D eigenvalue weighted by Crippen LogP contribution is 2.28. The van der Waals surface area contributed by atoms with E-state index in [0.29, 0.717) is 20.7 Å². The zero-order valence-electron chi connectivity index (χ0n) is 19.7. The smallest absolute Gasteiger partial charge is 0.264 e. The second-order valence-corrected chi connectivity index (χ2v) is 11.5. The summed E-state index contributed by atoms with van der Waals surface area (Å²) in [5.74, 6) is -0.949. The maximum absolute atomic E-state index is 13.6. The molecule has 4 aromatic carbocycles. The fourth-order valence-corrected chi connectivity index (χ4v) is 5.63. The molecule has 0 fully saturated rings. The summed E-state index contributed by atoms with van der Waals surface area (Å²) in [6.45, 7) is 1.34. The van der Waals surface area contributed by atoms with E-state index in [1.54, 1.807) is 72.8 Å². The van der Waals surface area contributed by atoms with Crippen LogP contribution in [-0.4, -0.2) is 26.7 Å². The van der Waals surface area contributed by atoms with Gasteiger partial charge in [-0.25, -0.2) is 8.42 Å². The lowest BCUT2D eigenvalue weighted by molar-refractivity contribution is -0.114. The molecule has 0 aliphatic rings. The number of sulfonamides is 1. The van der Waals surface area contributed by atoms with Crippen molar-refractivity contribution in [2.45, 2.75) is 11.8 Å². The summed E-state index contributed by atoms with van der Waals surface area (Å²) in [5.41, 5.74) is 2.07. The number of rotatable bonds is 8. The van der Waals surface area contributed by atoms with Crippen LogP contribution < -0.4 is 9.62 Å². The normalized spacial score (nSPS) is 11.1. The molecule has 0 saturated carbocycles. The molecule has 0 aliphatic carbocycles. The summed E-state index contributed by atoms with van der Waals surface area (Å²) in [6.07, 6.45) is 0. The molecule has 37 heavy (non-hydrogen) atoms. The Hall–Kier alpha value is -3.46. The number of benzene rings is 4. The van der Waals surface area contributed by atoms with Crippen LogP contribution in [0.25, 0.3) is 0 Å². The number of hydrogen-bond acceptors (Lipinski definition) is 4. The van der Waals surface area contributed by atoms with Crippen molar-refractivity contribution < 1.29 is 18.0 Å². The van der Waals surface area contributed by atoms with Gasteiger partial charge in [0.1, 0.15) is 6.54 Å². The van der Waals surface area contributed by atoms with Crippen LogP contribution in [0.15, 0.2) is 106 Å². The summed E-state index contributed by atoms with van der Waals surface area (Å²) >= 11 is 9.51. The highest BCUT2D eigenvalue weighted by molar-refractivity contribution is 9.10. The Balaban J connectivity index is 1.67. The van der Waals surface area contributed by atoms with Gasteiger partial charge in [-0.2, -0.15) is 0 Å². The van der Waals surface area contributed by atoms with Crippen molar-refractivity contribution in [1.29, 1.82) is 0 Å². The number of anilines is 2. The van der Waals surface area contributed by atoms with Crippen LogP contribution in [0.1, 0.15) is 21.5 Å². The van der Waals surface area contributed by atoms with Gasteiger partial charge >= 0.3 is 0 Å². The van der Waals surface area contributed by atoms with Gasteiger partial charge in [-0.05, 0) is 55.5 Å². The van der Waals surface area contributed by atoms with Gasteiger partial charge in [0.15, 0.2) is 5.78 Å². The Labute approximate surface area is 229 Å². The Bertz CT molecular complexity index is 1560. The van der Waals surface area contributed by atoms with E-state index in [1.807, 2.05) is 6.92 Å². The number of aryl methyl sites for hydroxylation is 1. The second-order valence-electron chi connectivity index (χ2n) is 8.24. The second kappa shape index (κ2) is 11.3. The SMILES string of the molecule is Cc1ccc(S(=O)(=O)N(CC(=O)Nc2ccc(Cl)cc2C(=O)c2ccccc2)c2cccc(Br)c2)cc1. The van der Waals surface area contributed by atoms with E-state index in [4.69, 9.17) is 11.6 Å². The summed E-state index contributed by atoms with van der Waals surface area (Å²) < 4.78 is 28.9. The lowest BCUT2D eigenvalue weighted by atomic mass is 10.0. The van der Waals surface area contributed by atoms with Gasteiger partial charge in [-0.1, -0.05) is 81.6 Å². The molecule has 0 saturated heterocycles. The average Bonchev–Trinajstić information content (AvgIpc) is 2.88. The molecule has 0 spiro atoms. The predicted octanol–water partition coefficient (Wildman–Crippen LogP) is 6.48. The Morgan fingerprint density at radius 2 is 1.59 bits per heavy atom. The van der Waals surface area contributed by atoms with Gasteiger partial charge in [0.2, 0.25) is 5.91 Å². The van der Waals surface area contributed by atoms with Crippen molar-refractivity contribution >= 4 is 60.6 Å². The highest BCUT2D eigenvalue weighted by atomic mass is 79.9. The number of nitrogens with zero attached hydrogens (tertiary/aromatic N) is 1. The van der Waals surface area contributed by atoms with Gasteiger partial charge in [-0.3, -0.25) is 13.9 Å². The summed E-state index contributed by atoms with van der Waals surface area (Å²) in [7, 11) is -4.09. The largest absolute Gasteiger partial charge is 0.324 e. The van der Waals surface area contributed by atoms with E-state index in [0.717, 1.165) is 9.87 Å². The number of carbonyl (C=O) groups is 2. The number of carbonyl (C=O) groups excluding carboxylic acids is 2. The summed E-state index contributed by atoms with van der Waals surface area (Å²) in [5, 5.41) is 3.03. The zero-order chi connectivity index (χ0) is 26.6. The monoisotopic (exact) mass is 596 g/mol. The number of ketones is 1. The molecule has 0 aliphatic heterocycles. The van der Waals surface area contributed by atoms with Gasteiger partial charge in [0.25, 0.3) is 10.0 Å². The molecule has 0 radical (unpaired) electrons. The van der Waals surface area contributed by atoms with Crippen LogP contribution in [0.5, 0.6) is 0 Å². The average molecular weight is 598 g/mol. The van der Waals surface area contributed by atoms with Gasteiger partial charge in [0, 0.05) is 20.6 Å². The van der Waals surface area contributed by atoms with Crippen LogP contribution in [0.2, 0.25) is 5.02 Å². The van der Waals surface area contributed by atoms with Crippen LogP contribution in [0.3, 0.4) is 0 Å². The van der Waals surface area contributed by atoms with Gasteiger partial charge in [0.05, 0.1) is 16.3 Å². The van der Waals surface area contributed by atoms with E-state index in [2.05, 4.69) is 21.2 Å². The third kappa shape index (κ3) is 6.28. The fraction of sp³-hybridized carbons (Fsp3) is 0.0714. The third-order valence-corrected chi connectivity index (χ3v) is 8.05. The Morgan fingerprint density at radius 3 is 2.27 bits per heavy atom. The van der Waals surface area contributed by atoms with Crippen molar-refractivity contribution in [1.82, 2.24) is 0 Å². The lowest BCUT2D eigenvalue weighted by Crippen LogP contribution is -2.38. The molecular weight excluding hydrogens is 576 g/mol. The molecule has 0 heterocycles. The number of halogens is 2. The molecule has 0 aromatic heterocycles. The van der Waals surface area contributed by atoms with Crippen LogP contribution >= 0.6 is 27.5 Å². The van der Waals surface area contributed by atoms with Gasteiger partial charge < -0.3 is 5.32 Å². The molecule has 188 valence electrons. The van der Waals surface area contributed by atoms with E-state index in [9.17, 15) is 18.0 Å². The van der Waals surface area contributed by atoms with Crippen molar-refractivity contribution in [2.24, 2.45) is 0 Å². The van der Waals surface area contributed by atoms with E-state index in [1.165, 1.54) is 24.3 Å². The van der Waals surface area contributed by atoms with Crippen LogP contribution in [-0.2, 0) is 14.8 Å². The molecule has 6 nitrogen and oxygen atoms in total. The quantitative estimate of drug-likeness (QED) is 0.236. The molecule has 9 heteroatoms. The first-order chi connectivity index (χ1) is 17.6. The molecule has 0 bridgehead atoms. The maximum atomic E-state index is 13.6. The number of hydrogen-bond donors (Lipinski definition) is 1. The van der Waals surface area contributed by atoms with E-state index >= 15 is 0 Å². The minimum Gasteiger partial charge on any atom is -0.324 e. The van der Waals surface area contributed by atoms with Gasteiger partial charge in [-0.15, -0.1) is 0 Å².